The fraction of sp³-hybridized carbons (Fsp3) is 1.00. The van der Waals surface area contributed by atoms with Crippen molar-refractivity contribution in [1.29, 1.82) is 0 Å². The van der Waals surface area contributed by atoms with E-state index in [0.717, 1.165) is 5.75 Å². The van der Waals surface area contributed by atoms with Gasteiger partial charge in [0.2, 0.25) is 0 Å². The molecule has 0 aromatic rings. The van der Waals surface area contributed by atoms with Crippen LogP contribution in [0.4, 0.5) is 0 Å². The highest BCUT2D eigenvalue weighted by molar-refractivity contribution is 7.80. The minimum Gasteiger partial charge on any atom is -0.378 e. The molecule has 0 radical (unpaired) electrons. The molecule has 80 valence electrons. The highest BCUT2D eigenvalue weighted by Gasteiger charge is 1.89. The zero-order valence-corrected chi connectivity index (χ0v) is 8.80. The Balaban J connectivity index is 2.76. The van der Waals surface area contributed by atoms with Crippen LogP contribution in [-0.4, -0.2) is 51.9 Å². The Bertz CT molecular complexity index is 85.5. The molecule has 0 saturated heterocycles. The molecule has 2 N–H and O–H groups in total. The normalized spacial score (nSPS) is 10.6. The van der Waals surface area contributed by atoms with E-state index in [1.54, 1.807) is 0 Å². The fourth-order valence-electron chi connectivity index (χ4n) is 0.690. The molecule has 5 heteroatoms. The van der Waals surface area contributed by atoms with Crippen molar-refractivity contribution in [2.45, 2.75) is 0 Å². The molecule has 0 saturated carbocycles. The van der Waals surface area contributed by atoms with Gasteiger partial charge in [-0.2, -0.15) is 12.6 Å². The van der Waals surface area contributed by atoms with Crippen LogP contribution in [0.1, 0.15) is 0 Å². The first-order valence-corrected chi connectivity index (χ1v) is 5.09. The van der Waals surface area contributed by atoms with Gasteiger partial charge in [-0.1, -0.05) is 0 Å². The molecule has 0 atom stereocenters. The number of ether oxygens (including phenoxy) is 3. The predicted octanol–water partition coefficient (Wildman–Crippen LogP) is -0.0753. The van der Waals surface area contributed by atoms with Crippen LogP contribution in [0.2, 0.25) is 0 Å². The van der Waals surface area contributed by atoms with Gasteiger partial charge in [0.1, 0.15) is 0 Å². The van der Waals surface area contributed by atoms with Gasteiger partial charge < -0.3 is 19.9 Å². The van der Waals surface area contributed by atoms with Crippen molar-refractivity contribution in [3.8, 4) is 0 Å². The Kier molecular flexibility index (Phi) is 12.4. The average Bonchev–Trinajstić information content (AvgIpc) is 2.16. The van der Waals surface area contributed by atoms with Crippen LogP contribution in [0.25, 0.3) is 0 Å². The van der Waals surface area contributed by atoms with Gasteiger partial charge in [-0.05, 0) is 0 Å². The van der Waals surface area contributed by atoms with Gasteiger partial charge in [0, 0.05) is 12.3 Å². The Labute approximate surface area is 85.1 Å². The lowest BCUT2D eigenvalue weighted by Crippen LogP contribution is -2.13. The Morgan fingerprint density at radius 3 is 1.69 bits per heavy atom. The second kappa shape index (κ2) is 12.2. The van der Waals surface area contributed by atoms with E-state index < -0.39 is 0 Å². The Morgan fingerprint density at radius 1 is 0.769 bits per heavy atom. The van der Waals surface area contributed by atoms with E-state index in [1.807, 2.05) is 0 Å². The van der Waals surface area contributed by atoms with Crippen LogP contribution in [0.5, 0.6) is 0 Å². The van der Waals surface area contributed by atoms with Crippen LogP contribution in [0, 0.1) is 0 Å². The second-order valence-electron chi connectivity index (χ2n) is 2.35. The topological polar surface area (TPSA) is 53.7 Å². The van der Waals surface area contributed by atoms with Crippen molar-refractivity contribution in [1.82, 2.24) is 0 Å². The summed E-state index contributed by atoms with van der Waals surface area (Å²) < 4.78 is 15.5. The SMILES string of the molecule is NCCOCCOCCOCCS. The van der Waals surface area contributed by atoms with Crippen LogP contribution in [0.15, 0.2) is 0 Å². The van der Waals surface area contributed by atoms with Gasteiger partial charge in [0.15, 0.2) is 0 Å². The number of nitrogens with two attached hydrogens (primary N) is 1. The van der Waals surface area contributed by atoms with Crippen molar-refractivity contribution < 1.29 is 14.2 Å². The standard InChI is InChI=1S/C8H19NO3S/c9-1-2-10-3-4-11-5-6-12-7-8-13/h13H,1-9H2. The summed E-state index contributed by atoms with van der Waals surface area (Å²) in [4.78, 5) is 0. The third-order valence-corrected chi connectivity index (χ3v) is 1.42. The summed E-state index contributed by atoms with van der Waals surface area (Å²) >= 11 is 4.00. The fourth-order valence-corrected chi connectivity index (χ4v) is 0.819. The summed E-state index contributed by atoms with van der Waals surface area (Å²) in [5, 5.41) is 0. The third-order valence-electron chi connectivity index (χ3n) is 1.24. The summed E-state index contributed by atoms with van der Waals surface area (Å²) in [6.07, 6.45) is 0. The molecule has 0 aromatic carbocycles. The molecule has 0 aliphatic heterocycles. The Morgan fingerprint density at radius 2 is 1.23 bits per heavy atom. The molecule has 0 heterocycles. The Hall–Kier alpha value is 0.190. The molecule has 0 amide bonds. The van der Waals surface area contributed by atoms with Crippen LogP contribution in [0.3, 0.4) is 0 Å². The number of hydrogen-bond donors (Lipinski definition) is 2. The maximum Gasteiger partial charge on any atom is 0.0701 e. The highest BCUT2D eigenvalue weighted by Crippen LogP contribution is 1.81. The largest absolute Gasteiger partial charge is 0.378 e. The molecule has 0 aliphatic rings. The quantitative estimate of drug-likeness (QED) is 0.390. The monoisotopic (exact) mass is 209 g/mol. The minimum absolute atomic E-state index is 0.561. The molecule has 0 spiro atoms. The van der Waals surface area contributed by atoms with E-state index in [0.29, 0.717) is 46.2 Å². The molecule has 0 bridgehead atoms. The first-order chi connectivity index (χ1) is 6.41. The predicted molar refractivity (Wildman–Crippen MR) is 55.4 cm³/mol. The summed E-state index contributed by atoms with van der Waals surface area (Å²) in [7, 11) is 0. The van der Waals surface area contributed by atoms with Crippen molar-refractivity contribution in [2.75, 3.05) is 51.9 Å². The summed E-state index contributed by atoms with van der Waals surface area (Å²) in [6.45, 7) is 4.27. The average molecular weight is 209 g/mol. The first kappa shape index (κ1) is 13.2. The van der Waals surface area contributed by atoms with E-state index in [9.17, 15) is 0 Å². The molecule has 0 rings (SSSR count). The maximum atomic E-state index is 5.23. The third kappa shape index (κ3) is 12.2. The van der Waals surface area contributed by atoms with Gasteiger partial charge in [0.25, 0.3) is 0 Å². The lowest BCUT2D eigenvalue weighted by molar-refractivity contribution is 0.0190. The number of hydrogen-bond acceptors (Lipinski definition) is 5. The molecule has 0 fully saturated rings. The second-order valence-corrected chi connectivity index (χ2v) is 2.80. The van der Waals surface area contributed by atoms with Gasteiger partial charge in [-0.25, -0.2) is 0 Å². The maximum absolute atomic E-state index is 5.23. The van der Waals surface area contributed by atoms with E-state index in [-0.39, 0.29) is 0 Å². The van der Waals surface area contributed by atoms with Gasteiger partial charge in [0.05, 0.1) is 39.6 Å². The molecule has 13 heavy (non-hydrogen) atoms. The smallest absolute Gasteiger partial charge is 0.0701 e. The van der Waals surface area contributed by atoms with Crippen LogP contribution >= 0.6 is 12.6 Å². The van der Waals surface area contributed by atoms with Crippen LogP contribution < -0.4 is 5.73 Å². The lowest BCUT2D eigenvalue weighted by atomic mass is 10.7. The van der Waals surface area contributed by atoms with E-state index in [4.69, 9.17) is 19.9 Å². The zero-order chi connectivity index (χ0) is 9.78. The van der Waals surface area contributed by atoms with Gasteiger partial charge in [-0.15, -0.1) is 0 Å². The van der Waals surface area contributed by atoms with Crippen molar-refractivity contribution in [3.63, 3.8) is 0 Å². The van der Waals surface area contributed by atoms with Crippen molar-refractivity contribution in [3.05, 3.63) is 0 Å². The highest BCUT2D eigenvalue weighted by atomic mass is 32.1. The number of rotatable bonds is 10. The lowest BCUT2D eigenvalue weighted by Gasteiger charge is -2.05. The summed E-state index contributed by atoms with van der Waals surface area (Å²) in [5.74, 6) is 0.750. The molecular formula is C8H19NO3S. The molecule has 0 aromatic heterocycles. The minimum atomic E-state index is 0.561. The van der Waals surface area contributed by atoms with Crippen molar-refractivity contribution in [2.24, 2.45) is 5.73 Å². The summed E-state index contributed by atoms with van der Waals surface area (Å²) in [5.41, 5.74) is 5.23. The number of thiol groups is 1. The van der Waals surface area contributed by atoms with E-state index in [2.05, 4.69) is 12.6 Å². The first-order valence-electron chi connectivity index (χ1n) is 4.46. The zero-order valence-electron chi connectivity index (χ0n) is 7.91. The molecule has 0 unspecified atom stereocenters. The van der Waals surface area contributed by atoms with E-state index in [1.165, 1.54) is 0 Å². The van der Waals surface area contributed by atoms with Crippen molar-refractivity contribution >= 4 is 12.6 Å². The van der Waals surface area contributed by atoms with E-state index >= 15 is 0 Å². The molecular weight excluding hydrogens is 190 g/mol. The molecule has 4 nitrogen and oxygen atoms in total. The molecule has 0 aliphatic carbocycles. The van der Waals surface area contributed by atoms with Gasteiger partial charge >= 0.3 is 0 Å². The summed E-state index contributed by atoms with van der Waals surface area (Å²) in [6, 6.07) is 0. The van der Waals surface area contributed by atoms with Gasteiger partial charge in [-0.3, -0.25) is 0 Å². The van der Waals surface area contributed by atoms with Crippen LogP contribution in [-0.2, 0) is 14.2 Å².